The molecule has 38 heavy (non-hydrogen) atoms. The fraction of sp³-hybridized carbons (Fsp3) is 0.290. The predicted molar refractivity (Wildman–Crippen MR) is 146 cm³/mol. The molecule has 1 aliphatic rings. The Balaban J connectivity index is 1.46. The van der Waals surface area contributed by atoms with E-state index in [4.69, 9.17) is 18.7 Å². The number of aromatic nitrogens is 1. The zero-order valence-corrected chi connectivity index (χ0v) is 21.9. The summed E-state index contributed by atoms with van der Waals surface area (Å²) in [4.78, 5) is 13.9. The maximum atomic E-state index is 13.9. The molecule has 1 aromatic heterocycles. The van der Waals surface area contributed by atoms with Crippen LogP contribution in [0.5, 0.6) is 17.2 Å². The van der Waals surface area contributed by atoms with Crippen molar-refractivity contribution in [3.05, 3.63) is 83.9 Å². The molecular formula is C31H32N2O5. The van der Waals surface area contributed by atoms with Crippen LogP contribution in [-0.2, 0) is 0 Å². The normalized spacial score (nSPS) is 16.0. The molecular weight excluding hydrogens is 480 g/mol. The molecule has 0 amide bonds. The van der Waals surface area contributed by atoms with Crippen LogP contribution in [0.4, 0.5) is 0 Å². The Morgan fingerprint density at radius 1 is 0.868 bits per heavy atom. The smallest absolute Gasteiger partial charge is 0.199 e. The van der Waals surface area contributed by atoms with Crippen molar-refractivity contribution in [2.45, 2.75) is 38.3 Å². The fourth-order valence-electron chi connectivity index (χ4n) is 4.79. The molecule has 0 aliphatic carbocycles. The number of hydrogen-bond donors (Lipinski definition) is 1. The quantitative estimate of drug-likeness (QED) is 0.269. The molecule has 3 aromatic carbocycles. The fourth-order valence-corrected chi connectivity index (χ4v) is 4.79. The number of nitrogens with zero attached hydrogens (tertiary/aromatic N) is 1. The van der Waals surface area contributed by atoms with Crippen molar-refractivity contribution >= 4 is 5.78 Å². The number of hydrogen-bond acceptors (Lipinski definition) is 7. The van der Waals surface area contributed by atoms with E-state index in [0.29, 0.717) is 40.1 Å². The van der Waals surface area contributed by atoms with Gasteiger partial charge in [-0.2, -0.15) is 0 Å². The highest BCUT2D eigenvalue weighted by molar-refractivity contribution is 6.15. The molecule has 4 aromatic rings. The molecule has 0 bridgehead atoms. The first-order valence-electron chi connectivity index (χ1n) is 12.9. The van der Waals surface area contributed by atoms with E-state index in [1.807, 2.05) is 60.7 Å². The number of ketones is 1. The second kappa shape index (κ2) is 11.5. The number of ether oxygens (including phenoxy) is 3. The van der Waals surface area contributed by atoms with Gasteiger partial charge in [0.2, 0.25) is 0 Å². The number of carbonyl (C=O) groups excluding carboxylic acids is 1. The second-order valence-corrected chi connectivity index (χ2v) is 9.43. The minimum absolute atomic E-state index is 0.0401. The van der Waals surface area contributed by atoms with Crippen LogP contribution in [0, 0.1) is 0 Å². The summed E-state index contributed by atoms with van der Waals surface area (Å²) in [6.45, 7) is 3.11. The highest BCUT2D eigenvalue weighted by Gasteiger charge is 2.27. The molecule has 0 spiro atoms. The average Bonchev–Trinajstić information content (AvgIpc) is 3.43. The van der Waals surface area contributed by atoms with Gasteiger partial charge in [-0.3, -0.25) is 4.79 Å². The average molecular weight is 513 g/mol. The van der Waals surface area contributed by atoms with Crippen molar-refractivity contribution in [3.8, 4) is 39.8 Å². The summed E-state index contributed by atoms with van der Waals surface area (Å²) in [7, 11) is 3.22. The summed E-state index contributed by atoms with van der Waals surface area (Å²) in [6.07, 6.45) is 3.57. The van der Waals surface area contributed by atoms with E-state index in [1.54, 1.807) is 26.4 Å². The molecule has 7 nitrogen and oxygen atoms in total. The molecule has 0 radical (unpaired) electrons. The number of nitrogens with one attached hydrogen (secondary N) is 1. The monoisotopic (exact) mass is 512 g/mol. The van der Waals surface area contributed by atoms with Crippen molar-refractivity contribution in [1.29, 1.82) is 0 Å². The lowest BCUT2D eigenvalue weighted by molar-refractivity contribution is 0.103. The first-order chi connectivity index (χ1) is 18.6. The van der Waals surface area contributed by atoms with Gasteiger partial charge in [-0.15, -0.1) is 0 Å². The summed E-state index contributed by atoms with van der Waals surface area (Å²) >= 11 is 0. The van der Waals surface area contributed by atoms with Crippen LogP contribution in [0.1, 0.15) is 42.1 Å². The Hall–Kier alpha value is -4.10. The SMILES string of the molecule is COc1ccc(-c2noc(-c3ccc(OC)cc3)c2C(=O)c2ccc(OC(C)C3CCCCN3)cc2)cc1. The lowest BCUT2D eigenvalue weighted by Crippen LogP contribution is -2.44. The van der Waals surface area contributed by atoms with Crippen LogP contribution in [0.2, 0.25) is 0 Å². The molecule has 196 valence electrons. The largest absolute Gasteiger partial charge is 0.497 e. The zero-order valence-electron chi connectivity index (χ0n) is 21.9. The highest BCUT2D eigenvalue weighted by atomic mass is 16.5. The molecule has 2 heterocycles. The summed E-state index contributed by atoms with van der Waals surface area (Å²) in [5.74, 6) is 2.38. The Kier molecular flexibility index (Phi) is 7.75. The number of benzene rings is 3. The molecule has 1 fully saturated rings. The Morgan fingerprint density at radius 2 is 1.47 bits per heavy atom. The highest BCUT2D eigenvalue weighted by Crippen LogP contribution is 2.35. The van der Waals surface area contributed by atoms with E-state index in [9.17, 15) is 4.79 Å². The van der Waals surface area contributed by atoms with Crippen molar-refractivity contribution < 1.29 is 23.5 Å². The number of piperidine rings is 1. The summed E-state index contributed by atoms with van der Waals surface area (Å²) < 4.78 is 22.5. The van der Waals surface area contributed by atoms with Crippen molar-refractivity contribution in [1.82, 2.24) is 10.5 Å². The van der Waals surface area contributed by atoms with Gasteiger partial charge in [-0.05, 0) is 99.1 Å². The third-order valence-electron chi connectivity index (χ3n) is 6.99. The predicted octanol–water partition coefficient (Wildman–Crippen LogP) is 6.17. The van der Waals surface area contributed by atoms with Crippen LogP contribution in [0.25, 0.3) is 22.6 Å². The minimum atomic E-state index is -0.184. The van der Waals surface area contributed by atoms with E-state index in [0.717, 1.165) is 29.8 Å². The Labute approximate surface area is 222 Å². The molecule has 5 rings (SSSR count). The maximum Gasteiger partial charge on any atom is 0.199 e. The molecule has 1 N–H and O–H groups in total. The summed E-state index contributed by atoms with van der Waals surface area (Å²) in [6, 6.07) is 22.4. The van der Waals surface area contributed by atoms with Gasteiger partial charge in [0.05, 0.1) is 19.8 Å². The number of carbonyl (C=O) groups is 1. The van der Waals surface area contributed by atoms with Gasteiger partial charge in [0.25, 0.3) is 0 Å². The topological polar surface area (TPSA) is 82.8 Å². The first-order valence-corrected chi connectivity index (χ1v) is 12.9. The van der Waals surface area contributed by atoms with E-state index < -0.39 is 0 Å². The van der Waals surface area contributed by atoms with Gasteiger partial charge in [-0.1, -0.05) is 11.6 Å². The van der Waals surface area contributed by atoms with E-state index >= 15 is 0 Å². The van der Waals surface area contributed by atoms with Gasteiger partial charge >= 0.3 is 0 Å². The van der Waals surface area contributed by atoms with Gasteiger partial charge in [0, 0.05) is 22.7 Å². The van der Waals surface area contributed by atoms with Gasteiger partial charge in [0.1, 0.15) is 29.0 Å². The standard InChI is InChI=1S/C31H32N2O5/c1-20(27-6-4-5-19-32-27)37-26-17-9-22(10-18-26)30(34)28-29(21-7-13-24(35-2)14-8-21)33-38-31(28)23-11-15-25(36-3)16-12-23/h7-18,20,27,32H,4-6,19H2,1-3H3. The van der Waals surface area contributed by atoms with Crippen LogP contribution < -0.4 is 19.5 Å². The van der Waals surface area contributed by atoms with Crippen molar-refractivity contribution in [2.75, 3.05) is 20.8 Å². The minimum Gasteiger partial charge on any atom is -0.497 e. The third-order valence-corrected chi connectivity index (χ3v) is 6.99. The molecule has 1 saturated heterocycles. The molecule has 2 unspecified atom stereocenters. The van der Waals surface area contributed by atoms with Crippen LogP contribution in [0.3, 0.4) is 0 Å². The van der Waals surface area contributed by atoms with Crippen molar-refractivity contribution in [3.63, 3.8) is 0 Å². The Bertz CT molecular complexity index is 1290. The Morgan fingerprint density at radius 3 is 2.05 bits per heavy atom. The van der Waals surface area contributed by atoms with Crippen molar-refractivity contribution in [2.24, 2.45) is 0 Å². The van der Waals surface area contributed by atoms with Gasteiger partial charge in [0.15, 0.2) is 11.5 Å². The molecule has 7 heteroatoms. The van der Waals surface area contributed by atoms with E-state index in [-0.39, 0.29) is 11.9 Å². The van der Waals surface area contributed by atoms with Gasteiger partial charge < -0.3 is 24.1 Å². The zero-order chi connectivity index (χ0) is 26.5. The third kappa shape index (κ3) is 5.43. The summed E-state index contributed by atoms with van der Waals surface area (Å²) in [5, 5.41) is 7.85. The number of rotatable bonds is 9. The second-order valence-electron chi connectivity index (χ2n) is 9.43. The summed E-state index contributed by atoms with van der Waals surface area (Å²) in [5.41, 5.74) is 2.88. The van der Waals surface area contributed by atoms with Gasteiger partial charge in [-0.25, -0.2) is 0 Å². The van der Waals surface area contributed by atoms with E-state index in [1.165, 1.54) is 12.8 Å². The van der Waals surface area contributed by atoms with E-state index in [2.05, 4.69) is 17.4 Å². The van der Waals surface area contributed by atoms with Crippen LogP contribution >= 0.6 is 0 Å². The maximum absolute atomic E-state index is 13.9. The molecule has 0 saturated carbocycles. The molecule has 2 atom stereocenters. The lowest BCUT2D eigenvalue weighted by atomic mass is 9.95. The van der Waals surface area contributed by atoms with Crippen LogP contribution in [0.15, 0.2) is 77.3 Å². The number of methoxy groups -OCH3 is 2. The first kappa shape index (κ1) is 25.5. The lowest BCUT2D eigenvalue weighted by Gasteiger charge is -2.29. The van der Waals surface area contributed by atoms with Crippen LogP contribution in [-0.4, -0.2) is 43.9 Å². The molecule has 1 aliphatic heterocycles.